The van der Waals surface area contributed by atoms with Crippen molar-refractivity contribution in [2.45, 2.75) is 58.7 Å². The summed E-state index contributed by atoms with van der Waals surface area (Å²) in [4.78, 5) is 37.7. The molecular formula is C29H30F3N3O5S. The maximum atomic E-state index is 13.3. The Morgan fingerprint density at radius 1 is 1.10 bits per heavy atom. The molecule has 0 spiro atoms. The molecule has 2 aromatic carbocycles. The third-order valence-electron chi connectivity index (χ3n) is 6.69. The fraction of sp³-hybridized carbons (Fsp3) is 0.379. The largest absolute Gasteiger partial charge is 0.482 e. The number of carbonyl (C=O) groups excluding carboxylic acids is 1. The lowest BCUT2D eigenvalue weighted by molar-refractivity contribution is -0.151. The molecule has 0 aliphatic rings. The molecule has 2 aromatic heterocycles. The van der Waals surface area contributed by atoms with Gasteiger partial charge in [0, 0.05) is 24.1 Å². The summed E-state index contributed by atoms with van der Waals surface area (Å²) in [5.41, 5.74) is -1.35. The maximum Gasteiger partial charge on any atom is 0.431 e. The molecule has 0 saturated heterocycles. The number of hydrogen-bond acceptors (Lipinski definition) is 7. The van der Waals surface area contributed by atoms with Gasteiger partial charge < -0.3 is 9.47 Å². The van der Waals surface area contributed by atoms with E-state index in [9.17, 15) is 27.6 Å². The Morgan fingerprint density at radius 2 is 1.85 bits per heavy atom. The lowest BCUT2D eigenvalue weighted by Crippen LogP contribution is -2.40. The van der Waals surface area contributed by atoms with E-state index in [0.717, 1.165) is 43.0 Å². The predicted octanol–water partition coefficient (Wildman–Crippen LogP) is 6.03. The zero-order valence-corrected chi connectivity index (χ0v) is 23.9. The quantitative estimate of drug-likeness (QED) is 0.166. The van der Waals surface area contributed by atoms with E-state index in [-0.39, 0.29) is 18.4 Å². The van der Waals surface area contributed by atoms with Crippen molar-refractivity contribution in [3.63, 3.8) is 0 Å². The van der Waals surface area contributed by atoms with Gasteiger partial charge in [-0.3, -0.25) is 9.36 Å². The minimum absolute atomic E-state index is 0.110. The van der Waals surface area contributed by atoms with Crippen LogP contribution in [0.4, 0.5) is 13.2 Å². The van der Waals surface area contributed by atoms with Crippen LogP contribution >= 0.6 is 11.5 Å². The highest BCUT2D eigenvalue weighted by Crippen LogP contribution is 2.35. The maximum absolute atomic E-state index is 13.3. The zero-order chi connectivity index (χ0) is 29.9. The van der Waals surface area contributed by atoms with Crippen LogP contribution in [-0.2, 0) is 22.8 Å². The Hall–Kier alpha value is -3.93. The highest BCUT2D eigenvalue weighted by Gasteiger charge is 2.35. The fourth-order valence-corrected chi connectivity index (χ4v) is 5.25. The molecule has 1 atom stereocenters. The van der Waals surface area contributed by atoms with Gasteiger partial charge in [0.25, 0.3) is 5.56 Å². The standard InChI is InChI=1S/C29H30F3N3O5S/c1-5-6-7-8-18(3)40-26(37)16-39-20-11-9-17(2)21(14-20)27-22-13-19(10-12-23(22)41-33-27)35-25(36)15-24(29(30,31)32)34(4)28(35)38/h9-15,18H,5-8,16H2,1-4H3. The number of halogens is 3. The number of carbonyl (C=O) groups is 1. The summed E-state index contributed by atoms with van der Waals surface area (Å²) >= 11 is 1.19. The van der Waals surface area contributed by atoms with Crippen molar-refractivity contribution in [2.75, 3.05) is 6.61 Å². The van der Waals surface area contributed by atoms with E-state index in [1.54, 1.807) is 24.3 Å². The number of unbranched alkanes of at least 4 members (excludes halogenated alkanes) is 2. The molecule has 0 amide bonds. The Labute approximate surface area is 238 Å². The van der Waals surface area contributed by atoms with E-state index in [2.05, 4.69) is 11.3 Å². The van der Waals surface area contributed by atoms with Crippen molar-refractivity contribution in [3.8, 4) is 22.7 Å². The molecule has 1 unspecified atom stereocenters. The first-order valence-electron chi connectivity index (χ1n) is 13.1. The van der Waals surface area contributed by atoms with Gasteiger partial charge >= 0.3 is 17.8 Å². The molecule has 4 aromatic rings. The Bertz CT molecular complexity index is 1690. The summed E-state index contributed by atoms with van der Waals surface area (Å²) in [6, 6.07) is 10.4. The van der Waals surface area contributed by atoms with Gasteiger partial charge in [-0.2, -0.15) is 17.5 Å². The topological polar surface area (TPSA) is 92.4 Å². The molecule has 8 nitrogen and oxygen atoms in total. The average molecular weight is 590 g/mol. The first-order chi connectivity index (χ1) is 19.4. The first-order valence-corrected chi connectivity index (χ1v) is 13.9. The number of esters is 1. The SMILES string of the molecule is CCCCCC(C)OC(=O)COc1ccc(C)c(-c2nsc3ccc(-n4c(=O)cc(C(F)(F)F)n(C)c4=O)cc23)c1. The normalized spacial score (nSPS) is 12.5. The van der Waals surface area contributed by atoms with E-state index in [1.807, 2.05) is 19.9 Å². The highest BCUT2D eigenvalue weighted by atomic mass is 32.1. The number of rotatable bonds is 10. The molecule has 0 fully saturated rings. The molecule has 0 saturated carbocycles. The second-order valence-electron chi connectivity index (χ2n) is 9.82. The average Bonchev–Trinajstić information content (AvgIpc) is 3.33. The Morgan fingerprint density at radius 3 is 2.56 bits per heavy atom. The summed E-state index contributed by atoms with van der Waals surface area (Å²) < 4.78 is 57.4. The number of benzene rings is 2. The predicted molar refractivity (Wildman–Crippen MR) is 151 cm³/mol. The first kappa shape index (κ1) is 30.0. The van der Waals surface area contributed by atoms with E-state index in [1.165, 1.54) is 17.6 Å². The van der Waals surface area contributed by atoms with E-state index < -0.39 is 29.1 Å². The summed E-state index contributed by atoms with van der Waals surface area (Å²) in [6.45, 7) is 5.57. The third-order valence-corrected chi connectivity index (χ3v) is 7.52. The van der Waals surface area contributed by atoms with Crippen LogP contribution in [-0.4, -0.2) is 32.2 Å². The molecule has 0 bridgehead atoms. The van der Waals surface area contributed by atoms with Crippen molar-refractivity contribution in [1.29, 1.82) is 0 Å². The Balaban J connectivity index is 1.62. The summed E-state index contributed by atoms with van der Waals surface area (Å²) in [5.74, 6) is -0.0465. The number of alkyl halides is 3. The van der Waals surface area contributed by atoms with E-state index in [4.69, 9.17) is 9.47 Å². The van der Waals surface area contributed by atoms with Crippen LogP contribution < -0.4 is 16.0 Å². The highest BCUT2D eigenvalue weighted by molar-refractivity contribution is 7.13. The molecule has 0 radical (unpaired) electrons. The van der Waals surface area contributed by atoms with Gasteiger partial charge in [0.2, 0.25) is 0 Å². The smallest absolute Gasteiger partial charge is 0.431 e. The lowest BCUT2D eigenvalue weighted by Gasteiger charge is -2.14. The lowest BCUT2D eigenvalue weighted by atomic mass is 10.0. The van der Waals surface area contributed by atoms with Crippen LogP contribution in [0.1, 0.15) is 50.8 Å². The summed E-state index contributed by atoms with van der Waals surface area (Å²) in [5, 5.41) is 0.599. The number of fused-ring (bicyclic) bond motifs is 1. The minimum Gasteiger partial charge on any atom is -0.482 e. The molecule has 0 N–H and O–H groups in total. The molecule has 12 heteroatoms. The summed E-state index contributed by atoms with van der Waals surface area (Å²) in [6.07, 6.45) is -1.11. The van der Waals surface area contributed by atoms with Crippen LogP contribution in [0.2, 0.25) is 0 Å². The number of aryl methyl sites for hydroxylation is 1. The second-order valence-corrected chi connectivity index (χ2v) is 10.6. The van der Waals surface area contributed by atoms with Gasteiger partial charge in [-0.25, -0.2) is 14.2 Å². The van der Waals surface area contributed by atoms with E-state index >= 15 is 0 Å². The molecular weight excluding hydrogens is 559 g/mol. The zero-order valence-electron chi connectivity index (χ0n) is 23.1. The van der Waals surface area contributed by atoms with Crippen LogP contribution in [0.25, 0.3) is 27.0 Å². The molecule has 0 aliphatic carbocycles. The van der Waals surface area contributed by atoms with Crippen molar-refractivity contribution in [1.82, 2.24) is 13.5 Å². The monoisotopic (exact) mass is 589 g/mol. The van der Waals surface area contributed by atoms with Gasteiger partial charge in [-0.1, -0.05) is 25.8 Å². The minimum atomic E-state index is -4.85. The molecule has 218 valence electrons. The van der Waals surface area contributed by atoms with Gasteiger partial charge in [0.1, 0.15) is 11.4 Å². The third kappa shape index (κ3) is 6.70. The number of ether oxygens (including phenoxy) is 2. The van der Waals surface area contributed by atoms with Crippen molar-refractivity contribution >= 4 is 27.6 Å². The summed E-state index contributed by atoms with van der Waals surface area (Å²) in [7, 11) is 0.967. The Kier molecular flexibility index (Phi) is 9.01. The second kappa shape index (κ2) is 12.3. The van der Waals surface area contributed by atoms with Gasteiger partial charge in [0.05, 0.1) is 22.2 Å². The van der Waals surface area contributed by atoms with Crippen LogP contribution in [0.3, 0.4) is 0 Å². The van der Waals surface area contributed by atoms with Gasteiger partial charge in [0.15, 0.2) is 6.61 Å². The van der Waals surface area contributed by atoms with Crippen molar-refractivity contribution < 1.29 is 27.4 Å². The molecule has 0 aliphatic heterocycles. The fourth-order valence-electron chi connectivity index (χ4n) is 4.48. The van der Waals surface area contributed by atoms with Gasteiger partial charge in [-0.15, -0.1) is 0 Å². The molecule has 2 heterocycles. The van der Waals surface area contributed by atoms with Crippen LogP contribution in [0.15, 0.2) is 52.1 Å². The number of nitrogens with zero attached hydrogens (tertiary/aromatic N) is 3. The van der Waals surface area contributed by atoms with Crippen LogP contribution in [0.5, 0.6) is 5.75 Å². The number of aromatic nitrogens is 3. The van der Waals surface area contributed by atoms with Gasteiger partial charge in [-0.05, 0) is 74.1 Å². The molecule has 4 rings (SSSR count). The van der Waals surface area contributed by atoms with Crippen molar-refractivity contribution in [3.05, 3.63) is 74.6 Å². The number of hydrogen-bond donors (Lipinski definition) is 0. The van der Waals surface area contributed by atoms with E-state index in [0.29, 0.717) is 37.6 Å². The molecule has 41 heavy (non-hydrogen) atoms. The van der Waals surface area contributed by atoms with Crippen molar-refractivity contribution in [2.24, 2.45) is 7.05 Å². The van der Waals surface area contributed by atoms with Crippen LogP contribution in [0, 0.1) is 6.92 Å².